The van der Waals surface area contributed by atoms with Crippen LogP contribution in [0.5, 0.6) is 0 Å². The second kappa shape index (κ2) is 62.8. The van der Waals surface area contributed by atoms with Crippen molar-refractivity contribution in [3.05, 3.63) is 0 Å². The van der Waals surface area contributed by atoms with Crippen LogP contribution in [-0.2, 0) is 65.4 Å². The molecule has 17 nitrogen and oxygen atoms in total. The first kappa shape index (κ1) is 85.1. The van der Waals surface area contributed by atoms with Gasteiger partial charge in [-0.2, -0.15) is 0 Å². The predicted octanol–water partition coefficient (Wildman–Crippen LogP) is 19.5. The number of hydrogen-bond donors (Lipinski definition) is 3. The summed E-state index contributed by atoms with van der Waals surface area (Å²) >= 11 is 0. The van der Waals surface area contributed by atoms with Crippen molar-refractivity contribution >= 4 is 39.5 Å². The Balaban J connectivity index is 5.22. The van der Waals surface area contributed by atoms with E-state index in [9.17, 15) is 43.2 Å². The molecule has 0 spiro atoms. The number of rotatable bonds is 69. The molecule has 0 saturated heterocycles. The van der Waals surface area contributed by atoms with Gasteiger partial charge in [0.1, 0.15) is 19.3 Å². The van der Waals surface area contributed by atoms with E-state index in [4.69, 9.17) is 37.0 Å². The van der Waals surface area contributed by atoms with Crippen LogP contribution in [0.2, 0.25) is 0 Å². The van der Waals surface area contributed by atoms with E-state index in [1.54, 1.807) is 0 Å². The van der Waals surface area contributed by atoms with Crippen LogP contribution < -0.4 is 0 Å². The first-order valence-electron chi connectivity index (χ1n) is 35.8. The van der Waals surface area contributed by atoms with Gasteiger partial charge in [-0.05, 0) is 25.7 Å². The predicted molar refractivity (Wildman–Crippen MR) is 349 cm³/mol. The topological polar surface area (TPSA) is 237 Å². The van der Waals surface area contributed by atoms with E-state index in [1.165, 1.54) is 180 Å². The van der Waals surface area contributed by atoms with Crippen molar-refractivity contribution in [2.24, 2.45) is 0 Å². The second-order valence-electron chi connectivity index (χ2n) is 24.6. The van der Waals surface area contributed by atoms with Crippen LogP contribution in [0.15, 0.2) is 0 Å². The number of phosphoric acid groups is 2. The smallest absolute Gasteiger partial charge is 0.462 e. The lowest BCUT2D eigenvalue weighted by Gasteiger charge is -2.21. The van der Waals surface area contributed by atoms with E-state index in [2.05, 4.69) is 27.7 Å². The number of aliphatic hydroxyl groups excluding tert-OH is 1. The van der Waals surface area contributed by atoms with Crippen molar-refractivity contribution in [2.75, 3.05) is 39.6 Å². The molecular formula is C68H132O17P2. The largest absolute Gasteiger partial charge is 0.472 e. The Labute approximate surface area is 530 Å². The van der Waals surface area contributed by atoms with Gasteiger partial charge in [0.15, 0.2) is 12.2 Å². The molecule has 0 aromatic carbocycles. The van der Waals surface area contributed by atoms with Crippen molar-refractivity contribution < 1.29 is 80.2 Å². The van der Waals surface area contributed by atoms with Crippen molar-refractivity contribution in [3.63, 3.8) is 0 Å². The molecule has 0 aliphatic carbocycles. The van der Waals surface area contributed by atoms with Gasteiger partial charge < -0.3 is 33.8 Å². The lowest BCUT2D eigenvalue weighted by molar-refractivity contribution is -0.161. The van der Waals surface area contributed by atoms with Gasteiger partial charge in [0, 0.05) is 25.7 Å². The standard InChI is InChI=1S/C68H132O17P2/c1-5-9-13-17-21-25-28-31-33-36-39-43-47-51-55-68(73)85-64(59-79-66(71)53-49-45-41-37-35-32-29-26-22-18-14-10-6-2)61-83-87(76,77)81-57-62(69)56-80-86(74,75)82-60-63(58-78-65(70)52-48-44-40-24-20-16-12-8-4)84-67(72)54-50-46-42-38-34-30-27-23-19-15-11-7-3/h62-64,69H,5-61H2,1-4H3,(H,74,75)(H,76,77)/t62-,63+,64+/m0/s1. The third kappa shape index (κ3) is 62.6. The Kier molecular flexibility index (Phi) is 61.4. The number of ether oxygens (including phenoxy) is 4. The highest BCUT2D eigenvalue weighted by Gasteiger charge is 2.30. The van der Waals surface area contributed by atoms with Crippen molar-refractivity contribution in [3.8, 4) is 0 Å². The Bertz CT molecular complexity index is 1670. The number of unbranched alkanes of at least 4 members (excludes halogenated alkanes) is 43. The monoisotopic (exact) mass is 1280 g/mol. The number of aliphatic hydroxyl groups is 1. The van der Waals surface area contributed by atoms with E-state index in [-0.39, 0.29) is 25.7 Å². The summed E-state index contributed by atoms with van der Waals surface area (Å²) in [6.07, 6.45) is 49.8. The molecule has 19 heteroatoms. The molecule has 0 rings (SSSR count). The van der Waals surface area contributed by atoms with Gasteiger partial charge in [-0.15, -0.1) is 0 Å². The molecule has 0 aromatic rings. The maximum absolute atomic E-state index is 13.0. The average Bonchev–Trinajstić information content (AvgIpc) is 3.71. The fourth-order valence-corrected chi connectivity index (χ4v) is 11.9. The highest BCUT2D eigenvalue weighted by molar-refractivity contribution is 7.47. The summed E-state index contributed by atoms with van der Waals surface area (Å²) in [5, 5.41) is 10.6. The van der Waals surface area contributed by atoms with Crippen LogP contribution in [0.4, 0.5) is 0 Å². The highest BCUT2D eigenvalue weighted by atomic mass is 31.2. The summed E-state index contributed by atoms with van der Waals surface area (Å²) in [5.74, 6) is -2.12. The number of hydrogen-bond acceptors (Lipinski definition) is 15. The molecule has 0 heterocycles. The molecule has 2 unspecified atom stereocenters. The maximum atomic E-state index is 13.0. The molecule has 0 amide bonds. The molecule has 3 N–H and O–H groups in total. The Morgan fingerprint density at radius 3 is 0.678 bits per heavy atom. The summed E-state index contributed by atoms with van der Waals surface area (Å²) in [6.45, 7) is 4.91. The zero-order chi connectivity index (χ0) is 64.0. The van der Waals surface area contributed by atoms with E-state index < -0.39 is 97.5 Å². The molecule has 516 valence electrons. The number of phosphoric ester groups is 2. The normalized spacial score (nSPS) is 14.1. The van der Waals surface area contributed by atoms with Gasteiger partial charge in [0.05, 0.1) is 26.4 Å². The molecular weight excluding hydrogens is 1150 g/mol. The van der Waals surface area contributed by atoms with Crippen molar-refractivity contribution in [1.82, 2.24) is 0 Å². The molecule has 87 heavy (non-hydrogen) atoms. The molecule has 0 fully saturated rings. The van der Waals surface area contributed by atoms with Gasteiger partial charge in [0.2, 0.25) is 0 Å². The van der Waals surface area contributed by atoms with Crippen molar-refractivity contribution in [2.45, 2.75) is 373 Å². The van der Waals surface area contributed by atoms with E-state index in [0.29, 0.717) is 25.7 Å². The quantitative estimate of drug-likeness (QED) is 0.0222. The average molecular weight is 1280 g/mol. The second-order valence-corrected chi connectivity index (χ2v) is 27.5. The fourth-order valence-electron chi connectivity index (χ4n) is 10.3. The third-order valence-electron chi connectivity index (χ3n) is 15.9. The summed E-state index contributed by atoms with van der Waals surface area (Å²) in [7, 11) is -9.89. The minimum absolute atomic E-state index is 0.108. The van der Waals surface area contributed by atoms with Gasteiger partial charge in [-0.1, -0.05) is 304 Å². The molecule has 0 bridgehead atoms. The van der Waals surface area contributed by atoms with Gasteiger partial charge in [-0.3, -0.25) is 37.3 Å². The zero-order valence-electron chi connectivity index (χ0n) is 56.0. The first-order valence-corrected chi connectivity index (χ1v) is 38.8. The fraction of sp³-hybridized carbons (Fsp3) is 0.941. The molecule has 5 atom stereocenters. The number of esters is 4. The lowest BCUT2D eigenvalue weighted by atomic mass is 10.0. The van der Waals surface area contributed by atoms with Crippen LogP contribution in [-0.4, -0.2) is 96.7 Å². The Hall–Kier alpha value is -1.94. The van der Waals surface area contributed by atoms with Gasteiger partial charge in [0.25, 0.3) is 0 Å². The minimum atomic E-state index is -4.95. The molecule has 0 saturated carbocycles. The number of carbonyl (C=O) groups excluding carboxylic acids is 4. The van der Waals surface area contributed by atoms with Crippen LogP contribution in [0.25, 0.3) is 0 Å². The SMILES string of the molecule is CCCCCCCCCCCCCCCCC(=O)O[C@H](COC(=O)CCCCCCCCCCCCCCC)COP(=O)(O)OC[C@@H](O)COP(=O)(O)OC[C@@H](COC(=O)CCCCCCCCCC)OC(=O)CCCCCCCCCCCCCC. The first-order chi connectivity index (χ1) is 42.2. The van der Waals surface area contributed by atoms with Crippen LogP contribution >= 0.6 is 15.6 Å². The van der Waals surface area contributed by atoms with E-state index >= 15 is 0 Å². The summed E-state index contributed by atoms with van der Waals surface area (Å²) in [4.78, 5) is 72.4. The summed E-state index contributed by atoms with van der Waals surface area (Å²) < 4.78 is 68.2. The maximum Gasteiger partial charge on any atom is 0.472 e. The molecule has 0 aromatic heterocycles. The van der Waals surface area contributed by atoms with Gasteiger partial charge >= 0.3 is 39.5 Å². The molecule has 0 aliphatic heterocycles. The highest BCUT2D eigenvalue weighted by Crippen LogP contribution is 2.45. The van der Waals surface area contributed by atoms with E-state index in [0.717, 1.165) is 96.3 Å². The Morgan fingerprint density at radius 1 is 0.276 bits per heavy atom. The van der Waals surface area contributed by atoms with Crippen LogP contribution in [0.1, 0.15) is 355 Å². The zero-order valence-corrected chi connectivity index (χ0v) is 57.8. The van der Waals surface area contributed by atoms with Crippen LogP contribution in [0, 0.1) is 0 Å². The number of carbonyl (C=O) groups is 4. The summed E-state index contributed by atoms with van der Waals surface area (Å²) in [5.41, 5.74) is 0. The minimum Gasteiger partial charge on any atom is -0.462 e. The molecule has 0 radical (unpaired) electrons. The third-order valence-corrected chi connectivity index (χ3v) is 17.8. The van der Waals surface area contributed by atoms with E-state index in [1.807, 2.05) is 0 Å². The lowest BCUT2D eigenvalue weighted by Crippen LogP contribution is -2.30. The van der Waals surface area contributed by atoms with Crippen molar-refractivity contribution in [1.29, 1.82) is 0 Å². The summed E-state index contributed by atoms with van der Waals surface area (Å²) in [6, 6.07) is 0. The van der Waals surface area contributed by atoms with Crippen LogP contribution in [0.3, 0.4) is 0 Å². The molecule has 0 aliphatic rings. The van der Waals surface area contributed by atoms with Gasteiger partial charge in [-0.25, -0.2) is 9.13 Å². The Morgan fingerprint density at radius 2 is 0.460 bits per heavy atom.